The van der Waals surface area contributed by atoms with Crippen LogP contribution in [0.2, 0.25) is 18.1 Å². The Labute approximate surface area is 165 Å². The second-order valence-electron chi connectivity index (χ2n) is 8.32. The molecule has 0 aliphatic heterocycles. The van der Waals surface area contributed by atoms with Crippen molar-refractivity contribution in [2.75, 3.05) is 6.54 Å². The molecule has 28 heavy (non-hydrogen) atoms. The van der Waals surface area contributed by atoms with Gasteiger partial charge in [0.1, 0.15) is 11.7 Å². The van der Waals surface area contributed by atoms with Gasteiger partial charge in [-0.15, -0.1) is 0 Å². The van der Waals surface area contributed by atoms with E-state index in [0.717, 1.165) is 0 Å². The summed E-state index contributed by atoms with van der Waals surface area (Å²) >= 11 is 0. The Morgan fingerprint density at radius 3 is 2.39 bits per heavy atom. The van der Waals surface area contributed by atoms with E-state index in [0.29, 0.717) is 5.56 Å². The minimum Gasteiger partial charge on any atom is -0.502 e. The summed E-state index contributed by atoms with van der Waals surface area (Å²) in [5.74, 6) is -1.35. The van der Waals surface area contributed by atoms with Crippen molar-refractivity contribution in [3.63, 3.8) is 0 Å². The fourth-order valence-electron chi connectivity index (χ4n) is 2.50. The third-order valence-electron chi connectivity index (χ3n) is 5.23. The van der Waals surface area contributed by atoms with Crippen molar-refractivity contribution in [2.24, 2.45) is 0 Å². The Balaban J connectivity index is 2.43. The van der Waals surface area contributed by atoms with Gasteiger partial charge in [0.05, 0.1) is 6.61 Å². The van der Waals surface area contributed by atoms with Crippen molar-refractivity contribution in [1.29, 1.82) is 0 Å². The summed E-state index contributed by atoms with van der Waals surface area (Å²) in [7, 11) is -2.09. The first kappa shape index (κ1) is 21.8. The Morgan fingerprint density at radius 2 is 1.86 bits per heavy atom. The van der Waals surface area contributed by atoms with Crippen molar-refractivity contribution < 1.29 is 18.9 Å². The van der Waals surface area contributed by atoms with Crippen LogP contribution in [-0.4, -0.2) is 24.9 Å². The zero-order valence-corrected chi connectivity index (χ0v) is 17.9. The van der Waals surface area contributed by atoms with E-state index < -0.39 is 36.9 Å². The van der Waals surface area contributed by atoms with E-state index >= 15 is 0 Å². The van der Waals surface area contributed by atoms with Gasteiger partial charge >= 0.3 is 0 Å². The zero-order chi connectivity index (χ0) is 21.1. The van der Waals surface area contributed by atoms with Crippen molar-refractivity contribution in [2.45, 2.75) is 51.4 Å². The fraction of sp³-hybridized carbons (Fsp3) is 0.450. The number of nitrogens with zero attached hydrogens (tertiary/aromatic N) is 1. The monoisotopic (exact) mass is 405 g/mol. The van der Waals surface area contributed by atoms with Crippen LogP contribution in [0.15, 0.2) is 45.6 Å². The average molecular weight is 406 g/mol. The van der Waals surface area contributed by atoms with Gasteiger partial charge in [-0.3, -0.25) is 14.9 Å². The second kappa shape index (κ2) is 8.28. The molecular weight excluding hydrogens is 378 g/mol. The van der Waals surface area contributed by atoms with Gasteiger partial charge in [-0.05, 0) is 23.7 Å². The standard InChI is InChI=1S/C20H27NO6Si/c1-20(2,3)28(4,5)26-13-15-11-17(22)18(23)19(27-15)16(12-21(24)25)14-9-7-6-8-10-14/h6-11,16,23H,12-13H2,1-5H3/t16-/m1/s1. The highest BCUT2D eigenvalue weighted by Gasteiger charge is 2.37. The second-order valence-corrected chi connectivity index (χ2v) is 13.1. The normalized spacial score (nSPS) is 13.3. The summed E-state index contributed by atoms with van der Waals surface area (Å²) in [6.07, 6.45) is 0. The Morgan fingerprint density at radius 1 is 1.25 bits per heavy atom. The summed E-state index contributed by atoms with van der Waals surface area (Å²) in [4.78, 5) is 23.0. The van der Waals surface area contributed by atoms with Crippen LogP contribution in [0.5, 0.6) is 5.75 Å². The van der Waals surface area contributed by atoms with Crippen molar-refractivity contribution in [3.05, 3.63) is 73.8 Å². The van der Waals surface area contributed by atoms with E-state index in [4.69, 9.17) is 8.84 Å². The van der Waals surface area contributed by atoms with E-state index in [9.17, 15) is 20.0 Å². The van der Waals surface area contributed by atoms with Gasteiger partial charge in [0, 0.05) is 11.0 Å². The molecule has 0 fully saturated rings. The molecule has 1 aromatic carbocycles. The van der Waals surface area contributed by atoms with Crippen LogP contribution in [0.3, 0.4) is 0 Å². The molecule has 1 aromatic heterocycles. The molecule has 0 aliphatic rings. The Bertz CT molecular complexity index is 886. The maximum absolute atomic E-state index is 12.3. The molecule has 0 saturated carbocycles. The predicted molar refractivity (Wildman–Crippen MR) is 109 cm³/mol. The number of aromatic hydroxyl groups is 1. The van der Waals surface area contributed by atoms with Crippen molar-refractivity contribution >= 4 is 8.32 Å². The lowest BCUT2D eigenvalue weighted by atomic mass is 9.95. The van der Waals surface area contributed by atoms with Crippen LogP contribution in [0.25, 0.3) is 0 Å². The van der Waals surface area contributed by atoms with Gasteiger partial charge in [0.15, 0.2) is 14.1 Å². The topological polar surface area (TPSA) is 103 Å². The van der Waals surface area contributed by atoms with Gasteiger partial charge in [-0.1, -0.05) is 51.1 Å². The van der Waals surface area contributed by atoms with E-state index in [1.54, 1.807) is 30.3 Å². The molecular formula is C20H27NO6Si. The lowest BCUT2D eigenvalue weighted by Crippen LogP contribution is -2.40. The van der Waals surface area contributed by atoms with Crippen LogP contribution in [-0.2, 0) is 11.0 Å². The highest BCUT2D eigenvalue weighted by molar-refractivity contribution is 6.74. The molecule has 152 valence electrons. The average Bonchev–Trinajstić information content (AvgIpc) is 2.60. The molecule has 2 aromatic rings. The highest BCUT2D eigenvalue weighted by atomic mass is 28.4. The van der Waals surface area contributed by atoms with E-state index in [2.05, 4.69) is 33.9 Å². The van der Waals surface area contributed by atoms with Crippen LogP contribution in [0.1, 0.15) is 43.8 Å². The van der Waals surface area contributed by atoms with Crippen LogP contribution in [0, 0.1) is 10.1 Å². The molecule has 0 unspecified atom stereocenters. The van der Waals surface area contributed by atoms with E-state index in [1.165, 1.54) is 6.07 Å². The van der Waals surface area contributed by atoms with Gasteiger partial charge < -0.3 is 13.9 Å². The SMILES string of the molecule is CC(C)(C)[Si](C)(C)OCc1cc(=O)c(O)c([C@H](C[N+](=O)[O-])c2ccccc2)o1. The van der Waals surface area contributed by atoms with Gasteiger partial charge in [-0.2, -0.15) is 0 Å². The number of benzene rings is 1. The summed E-state index contributed by atoms with van der Waals surface area (Å²) in [5, 5.41) is 21.4. The number of rotatable bonds is 7. The first-order valence-corrected chi connectivity index (χ1v) is 12.0. The van der Waals surface area contributed by atoms with Gasteiger partial charge in [0.25, 0.3) is 0 Å². The first-order valence-electron chi connectivity index (χ1n) is 9.09. The molecule has 0 saturated heterocycles. The Hall–Kier alpha value is -2.45. The zero-order valence-electron chi connectivity index (χ0n) is 16.9. The highest BCUT2D eigenvalue weighted by Crippen LogP contribution is 2.37. The van der Waals surface area contributed by atoms with Crippen LogP contribution < -0.4 is 5.43 Å². The molecule has 0 amide bonds. The first-order chi connectivity index (χ1) is 12.9. The lowest BCUT2D eigenvalue weighted by molar-refractivity contribution is -0.482. The summed E-state index contributed by atoms with van der Waals surface area (Å²) in [6, 6.07) is 9.84. The lowest BCUT2D eigenvalue weighted by Gasteiger charge is -2.35. The summed E-state index contributed by atoms with van der Waals surface area (Å²) < 4.78 is 11.8. The van der Waals surface area contributed by atoms with Crippen molar-refractivity contribution in [3.8, 4) is 5.75 Å². The van der Waals surface area contributed by atoms with E-state index in [-0.39, 0.29) is 23.2 Å². The minimum atomic E-state index is -2.09. The molecule has 0 radical (unpaired) electrons. The smallest absolute Gasteiger partial charge is 0.227 e. The predicted octanol–water partition coefficient (Wildman–Crippen LogP) is 4.28. The van der Waals surface area contributed by atoms with Gasteiger partial charge in [0.2, 0.25) is 17.7 Å². The molecule has 0 spiro atoms. The molecule has 0 aliphatic carbocycles. The fourth-order valence-corrected chi connectivity index (χ4v) is 3.44. The maximum atomic E-state index is 12.3. The molecule has 1 heterocycles. The number of nitro groups is 1. The summed E-state index contributed by atoms with van der Waals surface area (Å²) in [6.45, 7) is 10.0. The van der Waals surface area contributed by atoms with Crippen molar-refractivity contribution in [1.82, 2.24) is 0 Å². The van der Waals surface area contributed by atoms with Gasteiger partial charge in [-0.25, -0.2) is 0 Å². The third-order valence-corrected chi connectivity index (χ3v) is 9.71. The quantitative estimate of drug-likeness (QED) is 0.419. The van der Waals surface area contributed by atoms with Crippen LogP contribution in [0.4, 0.5) is 0 Å². The molecule has 2 rings (SSSR count). The third kappa shape index (κ3) is 5.08. The number of hydrogen-bond donors (Lipinski definition) is 1. The van der Waals surface area contributed by atoms with E-state index in [1.807, 2.05) is 0 Å². The number of hydrogen-bond acceptors (Lipinski definition) is 6. The maximum Gasteiger partial charge on any atom is 0.227 e. The largest absolute Gasteiger partial charge is 0.502 e. The Kier molecular flexibility index (Phi) is 6.46. The molecule has 0 bridgehead atoms. The molecule has 1 atom stereocenters. The molecule has 8 heteroatoms. The minimum absolute atomic E-state index is 0.0226. The van der Waals surface area contributed by atoms with Crippen LogP contribution >= 0.6 is 0 Å². The summed E-state index contributed by atoms with van der Waals surface area (Å²) in [5.41, 5.74) is -0.0560. The molecule has 7 nitrogen and oxygen atoms in total. The molecule has 1 N–H and O–H groups in total.